The first-order chi connectivity index (χ1) is 14.0. The molecule has 7 nitrogen and oxygen atoms in total. The summed E-state index contributed by atoms with van der Waals surface area (Å²) in [5, 5.41) is 10.1. The molecule has 0 bridgehead atoms. The van der Waals surface area contributed by atoms with E-state index in [9.17, 15) is 14.0 Å². The topological polar surface area (TPSA) is 85.2 Å². The normalized spacial score (nSPS) is 18.5. The molecule has 0 saturated carbocycles. The van der Waals surface area contributed by atoms with Gasteiger partial charge in [0.1, 0.15) is 0 Å². The van der Waals surface area contributed by atoms with E-state index in [4.69, 9.17) is 4.74 Å². The van der Waals surface area contributed by atoms with Crippen LogP contribution >= 0.6 is 0 Å². The van der Waals surface area contributed by atoms with Crippen molar-refractivity contribution in [2.45, 2.75) is 50.6 Å². The fourth-order valence-electron chi connectivity index (χ4n) is 3.73. The summed E-state index contributed by atoms with van der Waals surface area (Å²) in [5.74, 6) is -0.298. The number of nitrogens with zero attached hydrogens (tertiary/aromatic N) is 2. The maximum absolute atomic E-state index is 13.7. The van der Waals surface area contributed by atoms with Gasteiger partial charge in [-0.1, -0.05) is 6.07 Å². The molecule has 1 aliphatic heterocycles. The number of amides is 2. The molecule has 1 aromatic carbocycles. The van der Waals surface area contributed by atoms with Crippen molar-refractivity contribution in [2.24, 2.45) is 0 Å². The van der Waals surface area contributed by atoms with Crippen LogP contribution in [0.5, 0.6) is 5.75 Å². The van der Waals surface area contributed by atoms with Crippen molar-refractivity contribution in [3.63, 3.8) is 0 Å². The van der Waals surface area contributed by atoms with Crippen molar-refractivity contribution in [2.75, 3.05) is 13.7 Å². The fraction of sp³-hybridized carbons (Fsp3) is 0.476. The molecule has 3 rings (SSSR count). The van der Waals surface area contributed by atoms with Gasteiger partial charge in [-0.25, -0.2) is 4.39 Å². The van der Waals surface area contributed by atoms with Gasteiger partial charge >= 0.3 is 0 Å². The molecule has 29 heavy (non-hydrogen) atoms. The second-order valence-electron chi connectivity index (χ2n) is 7.45. The van der Waals surface area contributed by atoms with Gasteiger partial charge in [-0.2, -0.15) is 5.10 Å². The van der Waals surface area contributed by atoms with Gasteiger partial charge in [-0.3, -0.25) is 14.3 Å². The smallest absolute Gasteiger partial charge is 0.220 e. The summed E-state index contributed by atoms with van der Waals surface area (Å²) in [6.07, 6.45) is 6.88. The number of ether oxygens (including phenoxy) is 1. The quantitative estimate of drug-likeness (QED) is 0.597. The van der Waals surface area contributed by atoms with E-state index in [1.54, 1.807) is 18.3 Å². The minimum atomic E-state index is -0.494. The van der Waals surface area contributed by atoms with Crippen molar-refractivity contribution >= 4 is 11.8 Å². The lowest BCUT2D eigenvalue weighted by molar-refractivity contribution is -0.122. The SMILES string of the molecule is COc1cc(C[C@]2(CCC(=O)NCCCn3cccn3)CCC(=O)N2)ccc1F. The highest BCUT2D eigenvalue weighted by Crippen LogP contribution is 2.31. The molecule has 0 radical (unpaired) electrons. The Kier molecular flexibility index (Phi) is 6.85. The number of carbonyl (C=O) groups excluding carboxylic acids is 2. The Morgan fingerprint density at radius 1 is 1.45 bits per heavy atom. The number of hydrogen-bond donors (Lipinski definition) is 2. The Labute approximate surface area is 169 Å². The van der Waals surface area contributed by atoms with Gasteiger partial charge < -0.3 is 15.4 Å². The number of halogens is 1. The number of rotatable bonds is 10. The molecule has 1 fully saturated rings. The van der Waals surface area contributed by atoms with Crippen LogP contribution in [0.25, 0.3) is 0 Å². The van der Waals surface area contributed by atoms with Crippen LogP contribution in [0.15, 0.2) is 36.7 Å². The first-order valence-corrected chi connectivity index (χ1v) is 9.87. The molecule has 1 aliphatic rings. The van der Waals surface area contributed by atoms with Gasteiger partial charge in [0.2, 0.25) is 11.8 Å². The predicted molar refractivity (Wildman–Crippen MR) is 106 cm³/mol. The summed E-state index contributed by atoms with van der Waals surface area (Å²) in [6, 6.07) is 6.58. The van der Waals surface area contributed by atoms with Crippen molar-refractivity contribution in [3.8, 4) is 5.75 Å². The van der Waals surface area contributed by atoms with E-state index in [0.29, 0.717) is 38.6 Å². The van der Waals surface area contributed by atoms with Gasteiger partial charge in [-0.05, 0) is 49.4 Å². The molecule has 2 heterocycles. The van der Waals surface area contributed by atoms with E-state index >= 15 is 0 Å². The summed E-state index contributed by atoms with van der Waals surface area (Å²) >= 11 is 0. The summed E-state index contributed by atoms with van der Waals surface area (Å²) in [4.78, 5) is 24.2. The number of methoxy groups -OCH3 is 1. The van der Waals surface area contributed by atoms with Gasteiger partial charge in [-0.15, -0.1) is 0 Å². The molecule has 1 atom stereocenters. The highest BCUT2D eigenvalue weighted by molar-refractivity contribution is 5.80. The third-order valence-corrected chi connectivity index (χ3v) is 5.27. The summed E-state index contributed by atoms with van der Waals surface area (Å²) < 4.78 is 20.6. The maximum atomic E-state index is 13.7. The van der Waals surface area contributed by atoms with Crippen molar-refractivity contribution < 1.29 is 18.7 Å². The average molecular weight is 402 g/mol. The third kappa shape index (κ3) is 5.79. The van der Waals surface area contributed by atoms with Crippen LogP contribution in [0.1, 0.15) is 37.7 Å². The van der Waals surface area contributed by atoms with Crippen molar-refractivity contribution in [3.05, 3.63) is 48.0 Å². The van der Waals surface area contributed by atoms with E-state index < -0.39 is 11.4 Å². The fourth-order valence-corrected chi connectivity index (χ4v) is 3.73. The first kappa shape index (κ1) is 20.8. The maximum Gasteiger partial charge on any atom is 0.220 e. The molecule has 0 unspecified atom stereocenters. The third-order valence-electron chi connectivity index (χ3n) is 5.27. The van der Waals surface area contributed by atoms with Crippen LogP contribution in [0.4, 0.5) is 4.39 Å². The summed E-state index contributed by atoms with van der Waals surface area (Å²) in [7, 11) is 1.42. The van der Waals surface area contributed by atoms with E-state index in [1.165, 1.54) is 13.2 Å². The lowest BCUT2D eigenvalue weighted by Crippen LogP contribution is -2.44. The minimum Gasteiger partial charge on any atom is -0.494 e. The molecule has 0 aliphatic carbocycles. The molecular formula is C21H27FN4O3. The number of hydrogen-bond acceptors (Lipinski definition) is 4. The van der Waals surface area contributed by atoms with Gasteiger partial charge in [0.15, 0.2) is 11.6 Å². The largest absolute Gasteiger partial charge is 0.494 e. The molecule has 0 spiro atoms. The molecule has 8 heteroatoms. The Morgan fingerprint density at radius 3 is 3.00 bits per heavy atom. The van der Waals surface area contributed by atoms with Crippen molar-refractivity contribution in [1.29, 1.82) is 0 Å². The van der Waals surface area contributed by atoms with Gasteiger partial charge in [0.25, 0.3) is 0 Å². The van der Waals surface area contributed by atoms with Gasteiger partial charge in [0, 0.05) is 43.9 Å². The molecule has 1 aromatic heterocycles. The van der Waals surface area contributed by atoms with E-state index in [0.717, 1.165) is 18.5 Å². The summed E-state index contributed by atoms with van der Waals surface area (Å²) in [5.41, 5.74) is 0.372. The molecule has 2 aromatic rings. The Bertz CT molecular complexity index is 840. The van der Waals surface area contributed by atoms with Crippen LogP contribution in [-0.2, 0) is 22.6 Å². The lowest BCUT2D eigenvalue weighted by atomic mass is 9.85. The van der Waals surface area contributed by atoms with Crippen LogP contribution in [0.2, 0.25) is 0 Å². The molecule has 2 N–H and O–H groups in total. The highest BCUT2D eigenvalue weighted by atomic mass is 19.1. The second kappa shape index (κ2) is 9.54. The highest BCUT2D eigenvalue weighted by Gasteiger charge is 2.38. The number of nitrogens with one attached hydrogen (secondary N) is 2. The molecule has 2 amide bonds. The van der Waals surface area contributed by atoms with Crippen LogP contribution in [0.3, 0.4) is 0 Å². The van der Waals surface area contributed by atoms with Crippen LogP contribution in [0, 0.1) is 5.82 Å². The monoisotopic (exact) mass is 402 g/mol. The Balaban J connectivity index is 1.52. The van der Waals surface area contributed by atoms with Crippen LogP contribution in [-0.4, -0.2) is 40.8 Å². The number of aryl methyl sites for hydroxylation is 1. The van der Waals surface area contributed by atoms with E-state index in [-0.39, 0.29) is 17.6 Å². The lowest BCUT2D eigenvalue weighted by Gasteiger charge is -2.29. The predicted octanol–water partition coefficient (Wildman–Crippen LogP) is 2.21. The number of benzene rings is 1. The molecular weight excluding hydrogens is 375 g/mol. The molecule has 1 saturated heterocycles. The minimum absolute atomic E-state index is 0.0151. The summed E-state index contributed by atoms with van der Waals surface area (Å²) in [6.45, 7) is 1.33. The van der Waals surface area contributed by atoms with E-state index in [2.05, 4.69) is 15.7 Å². The van der Waals surface area contributed by atoms with Crippen LogP contribution < -0.4 is 15.4 Å². The second-order valence-corrected chi connectivity index (χ2v) is 7.45. The molecule has 156 valence electrons. The number of aromatic nitrogens is 2. The Hall–Kier alpha value is -2.90. The zero-order valence-corrected chi connectivity index (χ0v) is 16.6. The van der Waals surface area contributed by atoms with Gasteiger partial charge in [0.05, 0.1) is 7.11 Å². The number of carbonyl (C=O) groups is 2. The standard InChI is InChI=1S/C21H27FN4O3/c1-29-18-14-16(4-5-17(18)22)15-21(9-7-20(28)25-21)8-6-19(27)23-10-2-12-26-13-3-11-24-26/h3-5,11,13-14H,2,6-10,12,15H2,1H3,(H,23,27)(H,25,28)/t21-/m0/s1. The zero-order chi connectivity index (χ0) is 20.7. The zero-order valence-electron chi connectivity index (χ0n) is 16.6. The van der Waals surface area contributed by atoms with E-state index in [1.807, 2.05) is 16.9 Å². The first-order valence-electron chi connectivity index (χ1n) is 9.87. The van der Waals surface area contributed by atoms with Crippen molar-refractivity contribution in [1.82, 2.24) is 20.4 Å². The average Bonchev–Trinajstić information content (AvgIpc) is 3.35. The Morgan fingerprint density at radius 2 is 2.31 bits per heavy atom.